The van der Waals surface area contributed by atoms with Crippen LogP contribution in [0.2, 0.25) is 0 Å². The standard InChI is InChI=1S/C15H20BrNO4/c1-15(2,3)21-14(19)17-12(9-13(18)20-4)10-7-5-6-8-11(10)16/h5-8,12H,9H2,1-4H3,(H,17,19). The van der Waals surface area contributed by atoms with Crippen LogP contribution in [0, 0.1) is 0 Å². The van der Waals surface area contributed by atoms with Gasteiger partial charge in [0, 0.05) is 4.47 Å². The van der Waals surface area contributed by atoms with Gasteiger partial charge in [-0.1, -0.05) is 34.1 Å². The maximum Gasteiger partial charge on any atom is 0.408 e. The quantitative estimate of drug-likeness (QED) is 0.836. The fourth-order valence-electron chi connectivity index (χ4n) is 1.70. The summed E-state index contributed by atoms with van der Waals surface area (Å²) in [6.07, 6.45) is -0.551. The van der Waals surface area contributed by atoms with E-state index in [1.165, 1.54) is 7.11 Å². The van der Waals surface area contributed by atoms with Gasteiger partial charge in [-0.2, -0.15) is 0 Å². The molecule has 5 nitrogen and oxygen atoms in total. The number of rotatable bonds is 4. The van der Waals surface area contributed by atoms with Crippen molar-refractivity contribution in [3.8, 4) is 0 Å². The maximum absolute atomic E-state index is 11.9. The summed E-state index contributed by atoms with van der Waals surface area (Å²) in [5.41, 5.74) is 0.183. The summed E-state index contributed by atoms with van der Waals surface area (Å²) >= 11 is 3.42. The Kier molecular flexibility index (Phi) is 6.20. The van der Waals surface area contributed by atoms with Gasteiger partial charge < -0.3 is 14.8 Å². The molecule has 0 bridgehead atoms. The van der Waals surface area contributed by atoms with Crippen molar-refractivity contribution in [3.05, 3.63) is 34.3 Å². The van der Waals surface area contributed by atoms with Gasteiger partial charge in [0.05, 0.1) is 19.6 Å². The van der Waals surface area contributed by atoms with Crippen LogP contribution in [0.5, 0.6) is 0 Å². The number of amides is 1. The molecule has 0 aliphatic heterocycles. The van der Waals surface area contributed by atoms with Gasteiger partial charge >= 0.3 is 12.1 Å². The molecule has 0 aliphatic carbocycles. The van der Waals surface area contributed by atoms with Crippen molar-refractivity contribution in [1.82, 2.24) is 5.32 Å². The van der Waals surface area contributed by atoms with Crippen LogP contribution in [0.1, 0.15) is 38.8 Å². The average molecular weight is 358 g/mol. The number of halogens is 1. The van der Waals surface area contributed by atoms with E-state index in [0.717, 1.165) is 10.0 Å². The van der Waals surface area contributed by atoms with Crippen molar-refractivity contribution in [2.24, 2.45) is 0 Å². The molecule has 0 radical (unpaired) electrons. The Morgan fingerprint density at radius 1 is 1.29 bits per heavy atom. The zero-order valence-electron chi connectivity index (χ0n) is 12.6. The number of alkyl carbamates (subject to hydrolysis) is 1. The van der Waals surface area contributed by atoms with E-state index in [-0.39, 0.29) is 6.42 Å². The van der Waals surface area contributed by atoms with Gasteiger partial charge in [0.2, 0.25) is 0 Å². The van der Waals surface area contributed by atoms with Crippen molar-refractivity contribution >= 4 is 28.0 Å². The molecule has 6 heteroatoms. The molecule has 0 saturated heterocycles. The maximum atomic E-state index is 11.9. The molecule has 0 aromatic heterocycles. The first-order valence-corrected chi connectivity index (χ1v) is 7.33. The monoisotopic (exact) mass is 357 g/mol. The number of esters is 1. The van der Waals surface area contributed by atoms with Gasteiger partial charge in [0.15, 0.2) is 0 Å². The SMILES string of the molecule is COC(=O)CC(NC(=O)OC(C)(C)C)c1ccccc1Br. The Hall–Kier alpha value is -1.56. The highest BCUT2D eigenvalue weighted by molar-refractivity contribution is 9.10. The number of hydrogen-bond donors (Lipinski definition) is 1. The van der Waals surface area contributed by atoms with Crippen molar-refractivity contribution in [2.75, 3.05) is 7.11 Å². The summed E-state index contributed by atoms with van der Waals surface area (Å²) in [7, 11) is 1.31. The molecular weight excluding hydrogens is 338 g/mol. The predicted octanol–water partition coefficient (Wildman–Crippen LogP) is 3.58. The number of methoxy groups -OCH3 is 1. The van der Waals surface area contributed by atoms with E-state index in [1.807, 2.05) is 24.3 Å². The van der Waals surface area contributed by atoms with E-state index >= 15 is 0 Å². The molecule has 1 amide bonds. The van der Waals surface area contributed by atoms with Gasteiger partial charge in [-0.05, 0) is 32.4 Å². The van der Waals surface area contributed by atoms with Crippen LogP contribution in [-0.2, 0) is 14.3 Å². The number of carbonyl (C=O) groups is 2. The van der Waals surface area contributed by atoms with Crippen LogP contribution in [0.4, 0.5) is 4.79 Å². The predicted molar refractivity (Wildman–Crippen MR) is 82.9 cm³/mol. The Bertz CT molecular complexity index is 511. The van der Waals surface area contributed by atoms with Crippen LogP contribution >= 0.6 is 15.9 Å². The van der Waals surface area contributed by atoms with Crippen LogP contribution in [-0.4, -0.2) is 24.8 Å². The first-order chi connectivity index (χ1) is 9.73. The highest BCUT2D eigenvalue weighted by atomic mass is 79.9. The van der Waals surface area contributed by atoms with E-state index in [0.29, 0.717) is 0 Å². The lowest BCUT2D eigenvalue weighted by Gasteiger charge is -2.24. The molecule has 21 heavy (non-hydrogen) atoms. The average Bonchev–Trinajstić information content (AvgIpc) is 2.36. The minimum Gasteiger partial charge on any atom is -0.469 e. The Morgan fingerprint density at radius 2 is 1.90 bits per heavy atom. The van der Waals surface area contributed by atoms with Crippen LogP contribution in [0.15, 0.2) is 28.7 Å². The Morgan fingerprint density at radius 3 is 2.43 bits per heavy atom. The molecular formula is C15H20BrNO4. The van der Waals surface area contributed by atoms with E-state index in [9.17, 15) is 9.59 Å². The van der Waals surface area contributed by atoms with Gasteiger partial charge in [-0.25, -0.2) is 4.79 Å². The number of benzene rings is 1. The summed E-state index contributed by atoms with van der Waals surface area (Å²) in [6.45, 7) is 5.33. The van der Waals surface area contributed by atoms with Crippen molar-refractivity contribution in [3.63, 3.8) is 0 Å². The smallest absolute Gasteiger partial charge is 0.408 e. The lowest BCUT2D eigenvalue weighted by Crippen LogP contribution is -2.36. The summed E-state index contributed by atoms with van der Waals surface area (Å²) in [4.78, 5) is 23.5. The molecule has 116 valence electrons. The second-order valence-corrected chi connectivity index (χ2v) is 6.35. The summed E-state index contributed by atoms with van der Waals surface area (Å²) < 4.78 is 10.7. The van der Waals surface area contributed by atoms with Crippen molar-refractivity contribution in [1.29, 1.82) is 0 Å². The second-order valence-electron chi connectivity index (χ2n) is 5.50. The molecule has 0 aliphatic rings. The zero-order valence-corrected chi connectivity index (χ0v) is 14.2. The lowest BCUT2D eigenvalue weighted by molar-refractivity contribution is -0.141. The number of nitrogens with one attached hydrogen (secondary N) is 1. The highest BCUT2D eigenvalue weighted by Crippen LogP contribution is 2.26. The third-order valence-electron chi connectivity index (χ3n) is 2.57. The fraction of sp³-hybridized carbons (Fsp3) is 0.467. The second kappa shape index (κ2) is 7.45. The van der Waals surface area contributed by atoms with Gasteiger partial charge in [-0.15, -0.1) is 0 Å². The first kappa shape index (κ1) is 17.5. The van der Waals surface area contributed by atoms with Crippen LogP contribution in [0.3, 0.4) is 0 Å². The van der Waals surface area contributed by atoms with Crippen LogP contribution in [0.25, 0.3) is 0 Å². The van der Waals surface area contributed by atoms with Gasteiger partial charge in [0.1, 0.15) is 5.60 Å². The molecule has 0 saturated carbocycles. The van der Waals surface area contributed by atoms with E-state index < -0.39 is 23.7 Å². The summed E-state index contributed by atoms with van der Waals surface area (Å²) in [6, 6.07) is 6.84. The highest BCUT2D eigenvalue weighted by Gasteiger charge is 2.24. The fourth-order valence-corrected chi connectivity index (χ4v) is 2.26. The van der Waals surface area contributed by atoms with Gasteiger partial charge in [-0.3, -0.25) is 4.79 Å². The Labute approximate surface area is 133 Å². The molecule has 1 atom stereocenters. The molecule has 1 N–H and O–H groups in total. The molecule has 1 unspecified atom stereocenters. The van der Waals surface area contributed by atoms with Crippen LogP contribution < -0.4 is 5.32 Å². The lowest BCUT2D eigenvalue weighted by atomic mass is 10.0. The minimum absolute atomic E-state index is 0.0261. The van der Waals surface area contributed by atoms with Gasteiger partial charge in [0.25, 0.3) is 0 Å². The van der Waals surface area contributed by atoms with Crippen molar-refractivity contribution < 1.29 is 19.1 Å². The molecule has 1 aromatic rings. The molecule has 1 aromatic carbocycles. The van der Waals surface area contributed by atoms with E-state index in [4.69, 9.17) is 4.74 Å². The largest absolute Gasteiger partial charge is 0.469 e. The Balaban J connectivity index is 2.91. The number of carbonyl (C=O) groups excluding carboxylic acids is 2. The third kappa shape index (κ3) is 6.16. The first-order valence-electron chi connectivity index (χ1n) is 6.53. The number of hydrogen-bond acceptors (Lipinski definition) is 4. The molecule has 0 spiro atoms. The molecule has 0 fully saturated rings. The van der Waals surface area contributed by atoms with E-state index in [1.54, 1.807) is 20.8 Å². The normalized spacial score (nSPS) is 12.4. The number of ether oxygens (including phenoxy) is 2. The van der Waals surface area contributed by atoms with Crippen molar-refractivity contribution in [2.45, 2.75) is 38.8 Å². The summed E-state index contributed by atoms with van der Waals surface area (Å²) in [5.74, 6) is -0.410. The molecule has 1 rings (SSSR count). The topological polar surface area (TPSA) is 64.6 Å². The summed E-state index contributed by atoms with van der Waals surface area (Å²) in [5, 5.41) is 2.70. The third-order valence-corrected chi connectivity index (χ3v) is 3.29. The zero-order chi connectivity index (χ0) is 16.0. The van der Waals surface area contributed by atoms with E-state index in [2.05, 4.69) is 26.0 Å². The minimum atomic E-state index is -0.603. The molecule has 0 heterocycles.